The molecule has 3 heterocycles. The van der Waals surface area contributed by atoms with Gasteiger partial charge in [-0.25, -0.2) is 0 Å². The summed E-state index contributed by atoms with van der Waals surface area (Å²) in [6, 6.07) is 9.44. The van der Waals surface area contributed by atoms with Gasteiger partial charge >= 0.3 is 0 Å². The van der Waals surface area contributed by atoms with E-state index < -0.39 is 0 Å². The highest BCUT2D eigenvalue weighted by Crippen LogP contribution is 2.35. The average molecular weight is 443 g/mol. The van der Waals surface area contributed by atoms with Gasteiger partial charge in [0.05, 0.1) is 11.4 Å². The van der Waals surface area contributed by atoms with Gasteiger partial charge in [0.2, 0.25) is 5.91 Å². The smallest absolute Gasteiger partial charge is 0.235 e. The number of nitrogens with one attached hydrogen (secondary N) is 1. The number of aryl methyl sites for hydroxylation is 1. The van der Waals surface area contributed by atoms with Crippen LogP contribution in [0, 0.1) is 0 Å². The molecule has 1 N–H and O–H groups in total. The van der Waals surface area contributed by atoms with Crippen LogP contribution in [0.5, 0.6) is 11.5 Å². The summed E-state index contributed by atoms with van der Waals surface area (Å²) in [5.41, 5.74) is 0.836. The number of nitrogens with zero attached hydrogens (tertiary/aromatic N) is 5. The van der Waals surface area contributed by atoms with Crippen LogP contribution < -0.4 is 14.8 Å². The summed E-state index contributed by atoms with van der Waals surface area (Å²) in [7, 11) is 3.67. The van der Waals surface area contributed by atoms with E-state index in [0.29, 0.717) is 29.2 Å². The first-order chi connectivity index (χ1) is 14.7. The predicted octanol–water partition coefficient (Wildman–Crippen LogP) is 3.09. The van der Waals surface area contributed by atoms with Crippen LogP contribution in [0.15, 0.2) is 35.5 Å². The molecule has 1 aromatic carbocycles. The van der Waals surface area contributed by atoms with E-state index in [1.54, 1.807) is 4.68 Å². The van der Waals surface area contributed by atoms with E-state index in [9.17, 15) is 4.79 Å². The highest BCUT2D eigenvalue weighted by Gasteiger charge is 2.27. The molecule has 1 unspecified atom stereocenters. The second-order valence-electron chi connectivity index (χ2n) is 8.39. The molecule has 0 aliphatic carbocycles. The molecule has 1 amide bonds. The molecule has 9 nitrogen and oxygen atoms in total. The zero-order valence-corrected chi connectivity index (χ0v) is 19.1. The Balaban J connectivity index is 1.37. The lowest BCUT2D eigenvalue weighted by Gasteiger charge is -2.25. The van der Waals surface area contributed by atoms with Gasteiger partial charge in [-0.05, 0) is 12.1 Å². The predicted molar refractivity (Wildman–Crippen MR) is 118 cm³/mol. The number of fused-ring (bicyclic) bond motifs is 1. The maximum absolute atomic E-state index is 12.5. The summed E-state index contributed by atoms with van der Waals surface area (Å²) >= 11 is 1.31. The van der Waals surface area contributed by atoms with E-state index >= 15 is 0 Å². The lowest BCUT2D eigenvalue weighted by atomic mass is 9.92. The first-order valence-corrected chi connectivity index (χ1v) is 11.0. The first kappa shape index (κ1) is 21.2. The van der Waals surface area contributed by atoms with Crippen LogP contribution in [-0.2, 0) is 24.3 Å². The molecule has 0 spiro atoms. The van der Waals surface area contributed by atoms with E-state index in [1.165, 1.54) is 11.8 Å². The fraction of sp³-hybridized carbons (Fsp3) is 0.429. The van der Waals surface area contributed by atoms with Crippen molar-refractivity contribution in [3.8, 4) is 11.5 Å². The number of benzene rings is 1. The third-order valence-corrected chi connectivity index (χ3v) is 5.93. The Morgan fingerprint density at radius 2 is 1.97 bits per heavy atom. The van der Waals surface area contributed by atoms with Crippen LogP contribution in [0.1, 0.15) is 38.4 Å². The number of anilines is 1. The summed E-state index contributed by atoms with van der Waals surface area (Å²) in [6.07, 6.45) is -0.360. The normalized spacial score (nSPS) is 15.7. The van der Waals surface area contributed by atoms with Crippen LogP contribution in [0.25, 0.3) is 0 Å². The Morgan fingerprint density at radius 1 is 1.23 bits per heavy atom. The van der Waals surface area contributed by atoms with Crippen molar-refractivity contribution in [2.45, 2.75) is 37.4 Å². The minimum absolute atomic E-state index is 0.0874. The molecule has 10 heteroatoms. The van der Waals surface area contributed by atoms with Crippen LogP contribution >= 0.6 is 11.8 Å². The van der Waals surface area contributed by atoms with E-state index in [4.69, 9.17) is 9.47 Å². The average Bonchev–Trinajstić information content (AvgIpc) is 3.28. The summed E-state index contributed by atoms with van der Waals surface area (Å²) < 4.78 is 15.3. The Labute approximate surface area is 185 Å². The largest absolute Gasteiger partial charge is 0.485 e. The Bertz CT molecular complexity index is 1100. The molecule has 0 bridgehead atoms. The van der Waals surface area contributed by atoms with E-state index in [0.717, 1.165) is 11.4 Å². The minimum Gasteiger partial charge on any atom is -0.485 e. The molecule has 1 aliphatic heterocycles. The van der Waals surface area contributed by atoms with Crippen molar-refractivity contribution < 1.29 is 14.3 Å². The van der Waals surface area contributed by atoms with Gasteiger partial charge in [0.15, 0.2) is 28.6 Å². The van der Waals surface area contributed by atoms with E-state index in [2.05, 4.69) is 41.4 Å². The van der Waals surface area contributed by atoms with Gasteiger partial charge in [0, 0.05) is 25.6 Å². The van der Waals surface area contributed by atoms with Crippen LogP contribution in [0.4, 0.5) is 5.82 Å². The topological polar surface area (TPSA) is 96.1 Å². The molecule has 3 aromatic rings. The van der Waals surface area contributed by atoms with Gasteiger partial charge in [0.25, 0.3) is 0 Å². The monoisotopic (exact) mass is 442 g/mol. The standard InChI is InChI=1S/C21H26N6O3S/c1-21(2,3)16-10-17(27(5)25-16)22-18(28)12-31-20-24-23-19(26(20)4)15-11-29-13-8-6-7-9-14(13)30-15/h6-10,15H,11-12H2,1-5H3,(H,22,28). The minimum atomic E-state index is -0.360. The van der Waals surface area contributed by atoms with Gasteiger partial charge in [0.1, 0.15) is 12.4 Å². The molecule has 0 radical (unpaired) electrons. The number of amides is 1. The quantitative estimate of drug-likeness (QED) is 0.607. The van der Waals surface area contributed by atoms with Crippen molar-refractivity contribution in [2.75, 3.05) is 17.7 Å². The van der Waals surface area contributed by atoms with Crippen molar-refractivity contribution in [1.29, 1.82) is 0 Å². The van der Waals surface area contributed by atoms with Crippen LogP contribution in [-0.4, -0.2) is 42.8 Å². The van der Waals surface area contributed by atoms with Gasteiger partial charge < -0.3 is 19.4 Å². The Morgan fingerprint density at radius 3 is 2.68 bits per heavy atom. The second kappa shape index (κ2) is 8.26. The van der Waals surface area contributed by atoms with Crippen molar-refractivity contribution in [3.05, 3.63) is 41.9 Å². The number of rotatable bonds is 5. The third kappa shape index (κ3) is 4.53. The number of carbonyl (C=O) groups excluding carboxylic acids is 1. The second-order valence-corrected chi connectivity index (χ2v) is 9.33. The van der Waals surface area contributed by atoms with Gasteiger partial charge in [-0.1, -0.05) is 44.7 Å². The fourth-order valence-corrected chi connectivity index (χ4v) is 3.86. The molecular formula is C21H26N6O3S. The zero-order chi connectivity index (χ0) is 22.2. The molecule has 1 aliphatic rings. The number of carbonyl (C=O) groups is 1. The van der Waals surface area contributed by atoms with Crippen molar-refractivity contribution in [3.63, 3.8) is 0 Å². The highest BCUT2D eigenvalue weighted by molar-refractivity contribution is 7.99. The van der Waals surface area contributed by atoms with Crippen LogP contribution in [0.3, 0.4) is 0 Å². The molecule has 0 fully saturated rings. The van der Waals surface area contributed by atoms with Gasteiger partial charge in [-0.2, -0.15) is 5.10 Å². The lowest BCUT2D eigenvalue weighted by Crippen LogP contribution is -2.24. The Kier molecular flexibility index (Phi) is 5.65. The lowest BCUT2D eigenvalue weighted by molar-refractivity contribution is -0.113. The molecule has 164 valence electrons. The summed E-state index contributed by atoms with van der Waals surface area (Å²) in [6.45, 7) is 6.61. The molecule has 1 atom stereocenters. The fourth-order valence-electron chi connectivity index (χ4n) is 3.14. The molecule has 4 rings (SSSR count). The summed E-state index contributed by atoms with van der Waals surface area (Å²) in [5, 5.41) is 16.5. The van der Waals surface area contributed by atoms with Crippen LogP contribution in [0.2, 0.25) is 0 Å². The maximum atomic E-state index is 12.5. The molecule has 31 heavy (non-hydrogen) atoms. The number of para-hydroxylation sites is 2. The maximum Gasteiger partial charge on any atom is 0.235 e. The highest BCUT2D eigenvalue weighted by atomic mass is 32.2. The van der Waals surface area contributed by atoms with E-state index in [1.807, 2.05) is 49.0 Å². The number of thioether (sulfide) groups is 1. The van der Waals surface area contributed by atoms with E-state index in [-0.39, 0.29) is 23.2 Å². The van der Waals surface area contributed by atoms with Gasteiger partial charge in [-0.15, -0.1) is 10.2 Å². The molecular weight excluding hydrogens is 416 g/mol. The third-order valence-electron chi connectivity index (χ3n) is 4.91. The number of hydrogen-bond donors (Lipinski definition) is 1. The SMILES string of the molecule is Cn1nc(C(C)(C)C)cc1NC(=O)CSc1nnc(C2COc3ccccc3O2)n1C. The number of hydrogen-bond acceptors (Lipinski definition) is 7. The summed E-state index contributed by atoms with van der Waals surface area (Å²) in [4.78, 5) is 12.5. The molecule has 2 aromatic heterocycles. The summed E-state index contributed by atoms with van der Waals surface area (Å²) in [5.74, 6) is 2.79. The van der Waals surface area contributed by atoms with Crippen molar-refractivity contribution in [1.82, 2.24) is 24.5 Å². The molecule has 0 saturated heterocycles. The first-order valence-electron chi connectivity index (χ1n) is 9.97. The van der Waals surface area contributed by atoms with Crippen molar-refractivity contribution in [2.24, 2.45) is 14.1 Å². The molecule has 0 saturated carbocycles. The van der Waals surface area contributed by atoms with Gasteiger partial charge in [-0.3, -0.25) is 9.48 Å². The number of ether oxygens (including phenoxy) is 2. The number of aromatic nitrogens is 5. The zero-order valence-electron chi connectivity index (χ0n) is 18.2. The van der Waals surface area contributed by atoms with Crippen molar-refractivity contribution >= 4 is 23.5 Å². The Hall–Kier alpha value is -3.01.